The highest BCUT2D eigenvalue weighted by molar-refractivity contribution is 5.99. The predicted octanol–water partition coefficient (Wildman–Crippen LogP) is 2.71. The van der Waals surface area contributed by atoms with Gasteiger partial charge in [-0.3, -0.25) is 15.1 Å². The molecule has 1 aromatic carbocycles. The molecule has 1 aliphatic rings. The van der Waals surface area contributed by atoms with Crippen molar-refractivity contribution in [3.63, 3.8) is 0 Å². The van der Waals surface area contributed by atoms with E-state index in [2.05, 4.69) is 10.3 Å². The molecule has 1 atom stereocenters. The Morgan fingerprint density at radius 3 is 2.29 bits per heavy atom. The number of benzene rings is 1. The van der Waals surface area contributed by atoms with Gasteiger partial charge in [-0.25, -0.2) is 14.4 Å². The van der Waals surface area contributed by atoms with E-state index in [1.54, 1.807) is 13.0 Å². The number of hydrogen-bond donors (Lipinski definition) is 2. The summed E-state index contributed by atoms with van der Waals surface area (Å²) in [4.78, 5) is 51.8. The molecule has 0 saturated heterocycles. The number of allylic oxidation sites excluding steroid dienone is 2. The Kier molecular flexibility index (Phi) is 7.36. The molecule has 2 aromatic rings. The van der Waals surface area contributed by atoms with Crippen molar-refractivity contribution in [3.05, 3.63) is 92.6 Å². The van der Waals surface area contributed by atoms with Gasteiger partial charge in [-0.1, -0.05) is 18.2 Å². The molecule has 34 heavy (non-hydrogen) atoms. The number of para-hydroxylation sites is 1. The number of pyridine rings is 1. The topological polar surface area (TPSA) is 158 Å². The number of hydrogen-bond acceptors (Lipinski definition) is 9. The van der Waals surface area contributed by atoms with Gasteiger partial charge in [0.1, 0.15) is 13.2 Å². The van der Waals surface area contributed by atoms with Crippen LogP contribution in [0.5, 0.6) is 0 Å². The lowest BCUT2D eigenvalue weighted by Gasteiger charge is -2.29. The van der Waals surface area contributed by atoms with Crippen LogP contribution in [0, 0.1) is 10.1 Å². The second-order valence-corrected chi connectivity index (χ2v) is 7.27. The number of ether oxygens (including phenoxy) is 2. The summed E-state index contributed by atoms with van der Waals surface area (Å²) < 4.78 is 10.3. The maximum atomic E-state index is 13.0. The lowest BCUT2D eigenvalue weighted by atomic mass is 9.79. The molecule has 11 heteroatoms. The van der Waals surface area contributed by atoms with E-state index in [0.717, 1.165) is 0 Å². The smallest absolute Gasteiger partial charge is 0.339 e. The monoisotopic (exact) mass is 467 g/mol. The van der Waals surface area contributed by atoms with E-state index in [1.807, 2.05) is 0 Å². The number of carbonyl (C=O) groups excluding carboxylic acids is 2. The van der Waals surface area contributed by atoms with E-state index in [4.69, 9.17) is 9.47 Å². The highest BCUT2D eigenvalue weighted by Gasteiger charge is 2.40. The van der Waals surface area contributed by atoms with Crippen molar-refractivity contribution in [2.45, 2.75) is 19.8 Å². The molecule has 176 valence electrons. The van der Waals surface area contributed by atoms with Gasteiger partial charge in [0.15, 0.2) is 0 Å². The average Bonchev–Trinajstić information content (AvgIpc) is 2.81. The molecule has 0 saturated carbocycles. The second kappa shape index (κ2) is 10.4. The van der Waals surface area contributed by atoms with Gasteiger partial charge in [-0.2, -0.15) is 0 Å². The average molecular weight is 467 g/mol. The van der Waals surface area contributed by atoms with Gasteiger partial charge in [-0.05, 0) is 26.0 Å². The van der Waals surface area contributed by atoms with Gasteiger partial charge in [0.25, 0.3) is 5.69 Å². The minimum absolute atomic E-state index is 0.0417. The van der Waals surface area contributed by atoms with Crippen LogP contribution in [0.25, 0.3) is 0 Å². The van der Waals surface area contributed by atoms with Gasteiger partial charge in [0, 0.05) is 35.4 Å². The quantitative estimate of drug-likeness (QED) is 0.256. The van der Waals surface area contributed by atoms with Crippen LogP contribution < -0.4 is 5.32 Å². The van der Waals surface area contributed by atoms with Crippen molar-refractivity contribution in [2.24, 2.45) is 0 Å². The molecule has 0 radical (unpaired) electrons. The Morgan fingerprint density at radius 2 is 1.68 bits per heavy atom. The van der Waals surface area contributed by atoms with Gasteiger partial charge in [0.2, 0.25) is 0 Å². The molecule has 1 aliphatic heterocycles. The van der Waals surface area contributed by atoms with Crippen LogP contribution in [0.2, 0.25) is 0 Å². The van der Waals surface area contributed by atoms with Gasteiger partial charge < -0.3 is 19.9 Å². The van der Waals surface area contributed by atoms with Crippen LogP contribution >= 0.6 is 0 Å². The first-order valence-corrected chi connectivity index (χ1v) is 10.1. The first-order valence-electron chi connectivity index (χ1n) is 10.1. The minimum Gasteiger partial charge on any atom is -0.478 e. The number of carboxylic acid groups (broad SMARTS) is 1. The maximum Gasteiger partial charge on any atom is 0.339 e. The number of carbonyl (C=O) groups is 3. The van der Waals surface area contributed by atoms with E-state index in [9.17, 15) is 29.6 Å². The van der Waals surface area contributed by atoms with Crippen molar-refractivity contribution >= 4 is 23.6 Å². The molecule has 2 heterocycles. The van der Waals surface area contributed by atoms with Crippen molar-refractivity contribution in [1.82, 2.24) is 10.3 Å². The summed E-state index contributed by atoms with van der Waals surface area (Å²) in [7, 11) is 0. The van der Waals surface area contributed by atoms with Gasteiger partial charge in [0.05, 0.1) is 27.6 Å². The molecular formula is C23H21N3O8. The third kappa shape index (κ3) is 5.09. The highest BCUT2D eigenvalue weighted by Crippen LogP contribution is 2.42. The van der Waals surface area contributed by atoms with Crippen molar-refractivity contribution < 1.29 is 33.9 Å². The fourth-order valence-corrected chi connectivity index (χ4v) is 3.67. The lowest BCUT2D eigenvalue weighted by molar-refractivity contribution is -0.385. The van der Waals surface area contributed by atoms with Crippen molar-refractivity contribution in [3.8, 4) is 0 Å². The number of rotatable bonds is 8. The first-order chi connectivity index (χ1) is 16.2. The summed E-state index contributed by atoms with van der Waals surface area (Å²) in [5.74, 6) is -4.12. The second-order valence-electron chi connectivity index (χ2n) is 7.27. The van der Waals surface area contributed by atoms with E-state index < -0.39 is 28.7 Å². The van der Waals surface area contributed by atoms with Crippen LogP contribution in [-0.2, 0) is 19.1 Å². The number of nitrogens with zero attached hydrogens (tertiary/aromatic N) is 2. The number of esters is 2. The van der Waals surface area contributed by atoms with E-state index in [1.165, 1.54) is 49.6 Å². The Bertz CT molecular complexity index is 1200. The SMILES string of the molecule is CC1=C(C(=O)O)C(c2ccccc2[N+](=O)[O-])C(C(=O)OCCOC(=O)c2cccnc2)=C(C)N1. The molecule has 11 nitrogen and oxygen atoms in total. The third-order valence-corrected chi connectivity index (χ3v) is 5.10. The number of aliphatic carboxylic acids is 1. The summed E-state index contributed by atoms with van der Waals surface area (Å²) in [6.45, 7) is 2.49. The molecule has 0 fully saturated rings. The summed E-state index contributed by atoms with van der Waals surface area (Å²) in [5, 5.41) is 24.3. The fraction of sp³-hybridized carbons (Fsp3) is 0.217. The fourth-order valence-electron chi connectivity index (χ4n) is 3.67. The molecule has 0 aliphatic carbocycles. The number of nitro groups is 1. The number of dihydropyridines is 1. The molecular weight excluding hydrogens is 446 g/mol. The zero-order chi connectivity index (χ0) is 24.8. The van der Waals surface area contributed by atoms with Gasteiger partial charge >= 0.3 is 17.9 Å². The normalized spacial score (nSPS) is 15.4. The van der Waals surface area contributed by atoms with E-state index in [0.29, 0.717) is 5.70 Å². The molecule has 0 amide bonds. The summed E-state index contributed by atoms with van der Waals surface area (Å²) in [6.07, 6.45) is 2.83. The van der Waals surface area contributed by atoms with Gasteiger partial charge in [-0.15, -0.1) is 0 Å². The number of carboxylic acids is 1. The Balaban J connectivity index is 1.84. The standard InChI is InChI=1S/C23H21N3O8/c1-13-18(21(27)28)20(16-7-3-4-8-17(16)26(31)32)19(14(2)25-13)23(30)34-11-10-33-22(29)15-6-5-9-24-12-15/h3-9,12,20,25H,10-11H2,1-2H3,(H,27,28). The molecule has 0 spiro atoms. The number of nitro benzene ring substituents is 1. The van der Waals surface area contributed by atoms with Crippen LogP contribution in [0.3, 0.4) is 0 Å². The Labute approximate surface area is 193 Å². The van der Waals surface area contributed by atoms with Crippen LogP contribution in [0.4, 0.5) is 5.69 Å². The third-order valence-electron chi connectivity index (χ3n) is 5.10. The number of nitrogens with one attached hydrogen (secondary N) is 1. The van der Waals surface area contributed by atoms with E-state index >= 15 is 0 Å². The lowest BCUT2D eigenvalue weighted by Crippen LogP contribution is -2.32. The highest BCUT2D eigenvalue weighted by atomic mass is 16.6. The first kappa shape index (κ1) is 24.1. The van der Waals surface area contributed by atoms with E-state index in [-0.39, 0.29) is 46.9 Å². The van der Waals surface area contributed by atoms with Crippen LogP contribution in [-0.4, -0.2) is 46.1 Å². The Hall–Kier alpha value is -4.54. The largest absolute Gasteiger partial charge is 0.478 e. The molecule has 1 aromatic heterocycles. The number of aromatic nitrogens is 1. The zero-order valence-electron chi connectivity index (χ0n) is 18.3. The molecule has 3 rings (SSSR count). The summed E-state index contributed by atoms with van der Waals surface area (Å²) in [6, 6.07) is 8.70. The van der Waals surface area contributed by atoms with Crippen LogP contribution in [0.15, 0.2) is 71.3 Å². The maximum absolute atomic E-state index is 13.0. The minimum atomic E-state index is -1.34. The Morgan fingerprint density at radius 1 is 1.03 bits per heavy atom. The van der Waals surface area contributed by atoms with Crippen LogP contribution in [0.1, 0.15) is 35.7 Å². The van der Waals surface area contributed by atoms with Crippen molar-refractivity contribution in [2.75, 3.05) is 13.2 Å². The molecule has 1 unspecified atom stereocenters. The molecule has 0 bridgehead atoms. The zero-order valence-corrected chi connectivity index (χ0v) is 18.3. The summed E-state index contributed by atoms with van der Waals surface area (Å²) in [5.41, 5.74) is 0.181. The summed E-state index contributed by atoms with van der Waals surface area (Å²) >= 11 is 0. The molecule has 2 N–H and O–H groups in total. The van der Waals surface area contributed by atoms with Crippen molar-refractivity contribution in [1.29, 1.82) is 0 Å². The predicted molar refractivity (Wildman–Crippen MR) is 117 cm³/mol.